The molecule has 1 amide bonds. The number of nitrogens with zero attached hydrogens (tertiary/aromatic N) is 1. The van der Waals surface area contributed by atoms with Gasteiger partial charge in [0.2, 0.25) is 0 Å². The SMILES string of the molecule is COC(=O)c1sc(NC(=O)c2ccoc2C)c(C#N)c1C. The molecule has 2 aromatic heterocycles. The molecule has 0 unspecified atom stereocenters. The predicted octanol–water partition coefficient (Wildman–Crippen LogP) is 2.87. The first-order valence-corrected chi connectivity index (χ1v) is 6.78. The molecular formula is C14H12N2O4S. The Kier molecular flexibility index (Phi) is 4.10. The molecule has 0 aliphatic rings. The van der Waals surface area contributed by atoms with Gasteiger partial charge in [0.05, 0.1) is 24.5 Å². The van der Waals surface area contributed by atoms with E-state index >= 15 is 0 Å². The van der Waals surface area contributed by atoms with E-state index < -0.39 is 11.9 Å². The highest BCUT2D eigenvalue weighted by molar-refractivity contribution is 7.18. The zero-order chi connectivity index (χ0) is 15.6. The number of rotatable bonds is 3. The van der Waals surface area contributed by atoms with Crippen LogP contribution >= 0.6 is 11.3 Å². The number of aryl methyl sites for hydroxylation is 1. The molecule has 6 nitrogen and oxygen atoms in total. The Balaban J connectivity index is 2.37. The topological polar surface area (TPSA) is 92.3 Å². The Morgan fingerprint density at radius 2 is 2.14 bits per heavy atom. The maximum Gasteiger partial charge on any atom is 0.348 e. The van der Waals surface area contributed by atoms with Crippen molar-refractivity contribution in [1.82, 2.24) is 0 Å². The Morgan fingerprint density at radius 3 is 2.67 bits per heavy atom. The quantitative estimate of drug-likeness (QED) is 0.880. The van der Waals surface area contributed by atoms with E-state index in [1.54, 1.807) is 19.9 Å². The van der Waals surface area contributed by atoms with Gasteiger partial charge in [-0.25, -0.2) is 4.79 Å². The van der Waals surface area contributed by atoms with E-state index in [2.05, 4.69) is 10.1 Å². The van der Waals surface area contributed by atoms with Crippen molar-refractivity contribution in [2.75, 3.05) is 12.4 Å². The predicted molar refractivity (Wildman–Crippen MR) is 76.5 cm³/mol. The zero-order valence-corrected chi connectivity index (χ0v) is 12.5. The molecule has 7 heteroatoms. The molecule has 0 saturated heterocycles. The summed E-state index contributed by atoms with van der Waals surface area (Å²) in [7, 11) is 1.26. The molecule has 0 aliphatic heterocycles. The first-order valence-electron chi connectivity index (χ1n) is 5.96. The Morgan fingerprint density at radius 1 is 1.43 bits per heavy atom. The van der Waals surface area contributed by atoms with Gasteiger partial charge >= 0.3 is 5.97 Å². The second-order valence-electron chi connectivity index (χ2n) is 4.21. The van der Waals surface area contributed by atoms with Gasteiger partial charge in [-0.1, -0.05) is 0 Å². The molecule has 1 N–H and O–H groups in total. The highest BCUT2D eigenvalue weighted by Crippen LogP contribution is 2.33. The Labute approximate surface area is 124 Å². The van der Waals surface area contributed by atoms with E-state index in [4.69, 9.17) is 4.42 Å². The van der Waals surface area contributed by atoms with Crippen molar-refractivity contribution in [2.45, 2.75) is 13.8 Å². The number of carbonyl (C=O) groups is 2. The van der Waals surface area contributed by atoms with Crippen LogP contribution < -0.4 is 5.32 Å². The fourth-order valence-electron chi connectivity index (χ4n) is 1.81. The second kappa shape index (κ2) is 5.81. The number of hydrogen-bond donors (Lipinski definition) is 1. The zero-order valence-electron chi connectivity index (χ0n) is 11.6. The number of nitriles is 1. The van der Waals surface area contributed by atoms with Gasteiger partial charge in [-0.05, 0) is 25.5 Å². The number of ether oxygens (including phenoxy) is 1. The summed E-state index contributed by atoms with van der Waals surface area (Å²) in [5.41, 5.74) is 1.13. The van der Waals surface area contributed by atoms with Crippen LogP contribution in [0.4, 0.5) is 5.00 Å². The normalized spacial score (nSPS) is 10.0. The van der Waals surface area contributed by atoms with Crippen LogP contribution in [0.15, 0.2) is 16.7 Å². The molecule has 2 heterocycles. The maximum absolute atomic E-state index is 12.1. The van der Waals surface area contributed by atoms with Gasteiger partial charge in [-0.3, -0.25) is 4.79 Å². The van der Waals surface area contributed by atoms with Crippen molar-refractivity contribution in [2.24, 2.45) is 0 Å². The molecule has 21 heavy (non-hydrogen) atoms. The van der Waals surface area contributed by atoms with E-state index in [0.29, 0.717) is 26.8 Å². The van der Waals surface area contributed by atoms with E-state index in [-0.39, 0.29) is 5.56 Å². The summed E-state index contributed by atoms with van der Waals surface area (Å²) in [6.45, 7) is 3.31. The number of nitrogens with one attached hydrogen (secondary N) is 1. The summed E-state index contributed by atoms with van der Waals surface area (Å²) >= 11 is 1.02. The Bertz CT molecular complexity index is 752. The fraction of sp³-hybridized carbons (Fsp3) is 0.214. The molecule has 0 bridgehead atoms. The summed E-state index contributed by atoms with van der Waals surface area (Å²) in [5, 5.41) is 12.2. The lowest BCUT2D eigenvalue weighted by Crippen LogP contribution is -2.11. The van der Waals surface area contributed by atoms with Crippen molar-refractivity contribution in [3.63, 3.8) is 0 Å². The van der Waals surface area contributed by atoms with Crippen LogP contribution in [0.25, 0.3) is 0 Å². The van der Waals surface area contributed by atoms with E-state index in [9.17, 15) is 14.9 Å². The van der Waals surface area contributed by atoms with Crippen molar-refractivity contribution in [3.8, 4) is 6.07 Å². The van der Waals surface area contributed by atoms with Crippen LogP contribution in [0.2, 0.25) is 0 Å². The summed E-state index contributed by atoms with van der Waals surface area (Å²) in [6.07, 6.45) is 1.41. The van der Waals surface area contributed by atoms with Crippen LogP contribution in [0.1, 0.15) is 36.9 Å². The van der Waals surface area contributed by atoms with Gasteiger partial charge in [0.1, 0.15) is 21.7 Å². The number of esters is 1. The maximum atomic E-state index is 12.1. The highest BCUT2D eigenvalue weighted by atomic mass is 32.1. The molecule has 0 atom stereocenters. The van der Waals surface area contributed by atoms with Crippen LogP contribution in [0.3, 0.4) is 0 Å². The van der Waals surface area contributed by atoms with Gasteiger partial charge in [-0.2, -0.15) is 5.26 Å². The van der Waals surface area contributed by atoms with E-state index in [0.717, 1.165) is 11.3 Å². The fourth-order valence-corrected chi connectivity index (χ4v) is 2.89. The summed E-state index contributed by atoms with van der Waals surface area (Å²) < 4.78 is 9.73. The minimum Gasteiger partial charge on any atom is -0.469 e. The van der Waals surface area contributed by atoms with Crippen molar-refractivity contribution < 1.29 is 18.7 Å². The number of carbonyl (C=O) groups excluding carboxylic acids is 2. The number of methoxy groups -OCH3 is 1. The molecule has 2 rings (SSSR count). The van der Waals surface area contributed by atoms with E-state index in [1.807, 2.05) is 6.07 Å². The van der Waals surface area contributed by atoms with Crippen molar-refractivity contribution in [3.05, 3.63) is 39.7 Å². The molecule has 0 aliphatic carbocycles. The number of anilines is 1. The molecule has 108 valence electrons. The molecule has 0 radical (unpaired) electrons. The third-order valence-corrected chi connectivity index (χ3v) is 4.15. The van der Waals surface area contributed by atoms with Crippen LogP contribution in [0.5, 0.6) is 0 Å². The highest BCUT2D eigenvalue weighted by Gasteiger charge is 2.22. The second-order valence-corrected chi connectivity index (χ2v) is 5.23. The number of amides is 1. The first-order chi connectivity index (χ1) is 9.99. The van der Waals surface area contributed by atoms with Gasteiger partial charge in [0.25, 0.3) is 5.91 Å². The minimum atomic E-state index is -0.533. The number of furan rings is 1. The standard InChI is InChI=1S/C14H12N2O4S/c1-7-10(6-15)13(21-11(7)14(18)19-3)16-12(17)9-4-5-20-8(9)2/h4-5H,1-3H3,(H,16,17). The van der Waals surface area contributed by atoms with Crippen LogP contribution in [0, 0.1) is 25.2 Å². The van der Waals surface area contributed by atoms with Crippen molar-refractivity contribution in [1.29, 1.82) is 5.26 Å². The van der Waals surface area contributed by atoms with Gasteiger partial charge in [-0.15, -0.1) is 11.3 Å². The molecule has 0 fully saturated rings. The molecular weight excluding hydrogens is 292 g/mol. The first kappa shape index (κ1) is 14.8. The molecule has 0 saturated carbocycles. The lowest BCUT2D eigenvalue weighted by Gasteiger charge is -2.01. The molecule has 2 aromatic rings. The van der Waals surface area contributed by atoms with Crippen molar-refractivity contribution >= 4 is 28.2 Å². The van der Waals surface area contributed by atoms with Crippen LogP contribution in [-0.2, 0) is 4.74 Å². The number of hydrogen-bond acceptors (Lipinski definition) is 6. The lowest BCUT2D eigenvalue weighted by molar-refractivity contribution is 0.0605. The summed E-state index contributed by atoms with van der Waals surface area (Å²) in [4.78, 5) is 24.1. The van der Waals surface area contributed by atoms with Gasteiger partial charge < -0.3 is 14.5 Å². The summed E-state index contributed by atoms with van der Waals surface area (Å²) in [6, 6.07) is 3.53. The number of thiophene rings is 1. The molecule has 0 aromatic carbocycles. The third kappa shape index (κ3) is 2.66. The lowest BCUT2D eigenvalue weighted by atomic mass is 10.1. The van der Waals surface area contributed by atoms with Gasteiger partial charge in [0.15, 0.2) is 0 Å². The molecule has 0 spiro atoms. The monoisotopic (exact) mass is 304 g/mol. The van der Waals surface area contributed by atoms with Gasteiger partial charge in [0, 0.05) is 0 Å². The average Bonchev–Trinajstić information content (AvgIpc) is 3.02. The minimum absolute atomic E-state index is 0.259. The largest absolute Gasteiger partial charge is 0.469 e. The van der Waals surface area contributed by atoms with E-state index in [1.165, 1.54) is 13.4 Å². The third-order valence-electron chi connectivity index (χ3n) is 2.96. The van der Waals surface area contributed by atoms with Crippen LogP contribution in [-0.4, -0.2) is 19.0 Å². The Hall–Kier alpha value is -2.59. The smallest absolute Gasteiger partial charge is 0.348 e. The average molecular weight is 304 g/mol. The summed E-state index contributed by atoms with van der Waals surface area (Å²) in [5.74, 6) is -0.447.